The van der Waals surface area contributed by atoms with Gasteiger partial charge in [-0.05, 0) is 91.4 Å². The monoisotopic (exact) mass is 497 g/mol. The zero-order chi connectivity index (χ0) is 11.3. The number of aromatic amines is 1. The summed E-state index contributed by atoms with van der Waals surface area (Å²) in [7, 11) is 0. The van der Waals surface area contributed by atoms with Crippen molar-refractivity contribution in [2.45, 2.75) is 0 Å². The highest BCUT2D eigenvalue weighted by Gasteiger charge is 2.08. The number of halogens is 3. The first-order valence-electron chi connectivity index (χ1n) is 4.71. The van der Waals surface area contributed by atoms with Gasteiger partial charge in [0.1, 0.15) is 0 Å². The van der Waals surface area contributed by atoms with Crippen molar-refractivity contribution in [1.29, 1.82) is 0 Å². The molecule has 0 aliphatic rings. The zero-order valence-electron chi connectivity index (χ0n) is 8.02. The van der Waals surface area contributed by atoms with Gasteiger partial charge in [-0.2, -0.15) is 0 Å². The Morgan fingerprint density at radius 1 is 0.938 bits per heavy atom. The third-order valence-electron chi connectivity index (χ3n) is 2.59. The Balaban J connectivity index is 2.57. The molecule has 2 aromatic carbocycles. The average Bonchev–Trinajstić information content (AvgIpc) is 2.57. The Morgan fingerprint density at radius 3 is 2.50 bits per heavy atom. The van der Waals surface area contributed by atoms with E-state index in [9.17, 15) is 0 Å². The fourth-order valence-electron chi connectivity index (χ4n) is 1.90. The summed E-state index contributed by atoms with van der Waals surface area (Å²) < 4.78 is 3.64. The van der Waals surface area contributed by atoms with Crippen molar-refractivity contribution in [2.75, 3.05) is 0 Å². The number of hydrogen-bond donors (Lipinski definition) is 1. The van der Waals surface area contributed by atoms with Gasteiger partial charge < -0.3 is 4.98 Å². The first-order valence-corrected chi connectivity index (χ1v) is 7.66. The van der Waals surface area contributed by atoms with Crippen LogP contribution in [0.5, 0.6) is 0 Å². The Kier molecular flexibility index (Phi) is 2.91. The van der Waals surface area contributed by atoms with Crippen molar-refractivity contribution in [3.05, 3.63) is 41.9 Å². The maximum absolute atomic E-state index is 3.61. The fourth-order valence-corrected chi connectivity index (χ4v) is 4.00. The smallest absolute Gasteiger partial charge is 0.0610 e. The largest absolute Gasteiger partial charge is 0.354 e. The molecule has 0 radical (unpaired) electrons. The van der Waals surface area contributed by atoms with E-state index in [-0.39, 0.29) is 0 Å². The maximum Gasteiger partial charge on any atom is 0.0610 e. The average molecular weight is 498 g/mol. The minimum Gasteiger partial charge on any atom is -0.354 e. The topological polar surface area (TPSA) is 15.8 Å². The summed E-state index contributed by atoms with van der Waals surface area (Å²) in [6, 6.07) is 10.8. The van der Waals surface area contributed by atoms with Crippen LogP contribution in [0.2, 0.25) is 0 Å². The molecule has 0 aliphatic carbocycles. The second-order valence-electron chi connectivity index (χ2n) is 3.63. The van der Waals surface area contributed by atoms with Crippen molar-refractivity contribution >= 4 is 82.9 Å². The molecular formula is C12H6BrI2N. The van der Waals surface area contributed by atoms with Crippen LogP contribution in [0.3, 0.4) is 0 Å². The number of hydrogen-bond acceptors (Lipinski definition) is 0. The molecule has 0 amide bonds. The van der Waals surface area contributed by atoms with Gasteiger partial charge in [0.2, 0.25) is 0 Å². The van der Waals surface area contributed by atoms with Crippen LogP contribution in [0.4, 0.5) is 0 Å². The Morgan fingerprint density at radius 2 is 1.69 bits per heavy atom. The van der Waals surface area contributed by atoms with E-state index in [0.717, 1.165) is 4.47 Å². The molecular weight excluding hydrogens is 492 g/mol. The first-order chi connectivity index (χ1) is 7.65. The lowest BCUT2D eigenvalue weighted by Gasteiger charge is -1.96. The summed E-state index contributed by atoms with van der Waals surface area (Å²) >= 11 is 8.30. The molecule has 3 rings (SSSR count). The van der Waals surface area contributed by atoms with Gasteiger partial charge in [0.05, 0.1) is 5.52 Å². The van der Waals surface area contributed by atoms with E-state index < -0.39 is 0 Å². The highest BCUT2D eigenvalue weighted by molar-refractivity contribution is 14.1. The number of rotatable bonds is 0. The van der Waals surface area contributed by atoms with E-state index >= 15 is 0 Å². The molecule has 0 unspecified atom stereocenters. The summed E-state index contributed by atoms with van der Waals surface area (Å²) in [5.41, 5.74) is 2.37. The fraction of sp³-hybridized carbons (Fsp3) is 0. The predicted molar refractivity (Wildman–Crippen MR) is 88.9 cm³/mol. The molecule has 3 aromatic rings. The van der Waals surface area contributed by atoms with Gasteiger partial charge in [-0.1, -0.05) is 0 Å². The number of fused-ring (bicyclic) bond motifs is 3. The van der Waals surface area contributed by atoms with Crippen molar-refractivity contribution in [3.63, 3.8) is 0 Å². The third kappa shape index (κ3) is 1.78. The lowest BCUT2D eigenvalue weighted by atomic mass is 10.2. The number of H-pyrrole nitrogens is 1. The zero-order valence-corrected chi connectivity index (χ0v) is 13.9. The third-order valence-corrected chi connectivity index (χ3v) is 4.51. The van der Waals surface area contributed by atoms with E-state index in [1.807, 2.05) is 0 Å². The standard InChI is InChI=1S/C12H6BrI2N/c13-10-5-7(15)4-9-8-3-6(14)1-2-11(8)16-12(9)10/h1-5,16H. The lowest BCUT2D eigenvalue weighted by Crippen LogP contribution is -1.74. The first kappa shape index (κ1) is 11.3. The molecule has 4 heteroatoms. The minimum absolute atomic E-state index is 1.13. The van der Waals surface area contributed by atoms with Gasteiger partial charge >= 0.3 is 0 Å². The summed E-state index contributed by atoms with van der Waals surface area (Å²) in [5, 5.41) is 2.58. The van der Waals surface area contributed by atoms with Gasteiger partial charge in [-0.3, -0.25) is 0 Å². The van der Waals surface area contributed by atoms with Gasteiger partial charge in [-0.15, -0.1) is 0 Å². The minimum atomic E-state index is 1.13. The van der Waals surface area contributed by atoms with Crippen LogP contribution in [-0.4, -0.2) is 4.98 Å². The van der Waals surface area contributed by atoms with Crippen LogP contribution in [0.15, 0.2) is 34.8 Å². The molecule has 16 heavy (non-hydrogen) atoms. The molecule has 0 bridgehead atoms. The predicted octanol–water partition coefficient (Wildman–Crippen LogP) is 5.29. The molecule has 0 saturated carbocycles. The highest BCUT2D eigenvalue weighted by Crippen LogP contribution is 2.32. The van der Waals surface area contributed by atoms with E-state index in [1.54, 1.807) is 0 Å². The molecule has 0 saturated heterocycles. The summed E-state index contributed by atoms with van der Waals surface area (Å²) in [6.45, 7) is 0. The highest BCUT2D eigenvalue weighted by atomic mass is 127. The van der Waals surface area contributed by atoms with Crippen molar-refractivity contribution in [2.24, 2.45) is 0 Å². The Labute approximate surface area is 128 Å². The van der Waals surface area contributed by atoms with Crippen LogP contribution in [-0.2, 0) is 0 Å². The Hall–Kier alpha value is 0.180. The van der Waals surface area contributed by atoms with Crippen molar-refractivity contribution in [3.8, 4) is 0 Å². The molecule has 1 nitrogen and oxygen atoms in total. The number of aromatic nitrogens is 1. The van der Waals surface area contributed by atoms with Gasteiger partial charge in [0, 0.05) is 27.9 Å². The molecule has 80 valence electrons. The SMILES string of the molecule is Brc1cc(I)cc2c1[nH]c1ccc(I)cc12. The molecule has 0 fully saturated rings. The van der Waals surface area contributed by atoms with E-state index in [0.29, 0.717) is 0 Å². The molecule has 0 atom stereocenters. The number of nitrogens with one attached hydrogen (secondary N) is 1. The molecule has 1 heterocycles. The van der Waals surface area contributed by atoms with Crippen LogP contribution in [0.25, 0.3) is 21.8 Å². The summed E-state index contributed by atoms with van der Waals surface area (Å²) in [5.74, 6) is 0. The molecule has 1 N–H and O–H groups in total. The summed E-state index contributed by atoms with van der Waals surface area (Å²) in [6.07, 6.45) is 0. The van der Waals surface area contributed by atoms with Gasteiger partial charge in [0.15, 0.2) is 0 Å². The molecule has 0 aliphatic heterocycles. The van der Waals surface area contributed by atoms with E-state index in [1.165, 1.54) is 28.9 Å². The van der Waals surface area contributed by atoms with Crippen molar-refractivity contribution in [1.82, 2.24) is 4.98 Å². The normalized spacial score (nSPS) is 11.4. The van der Waals surface area contributed by atoms with Crippen molar-refractivity contribution < 1.29 is 0 Å². The molecule has 1 aromatic heterocycles. The van der Waals surface area contributed by atoms with E-state index in [4.69, 9.17) is 0 Å². The second kappa shape index (κ2) is 4.13. The van der Waals surface area contributed by atoms with Crippen LogP contribution < -0.4 is 0 Å². The lowest BCUT2D eigenvalue weighted by molar-refractivity contribution is 1.52. The molecule has 0 spiro atoms. The van der Waals surface area contributed by atoms with Crippen LogP contribution in [0, 0.1) is 7.14 Å². The maximum atomic E-state index is 3.61. The second-order valence-corrected chi connectivity index (χ2v) is 6.97. The Bertz CT molecular complexity index is 703. The summed E-state index contributed by atoms with van der Waals surface area (Å²) in [4.78, 5) is 3.45. The van der Waals surface area contributed by atoms with Crippen LogP contribution >= 0.6 is 61.1 Å². The van der Waals surface area contributed by atoms with Crippen LogP contribution in [0.1, 0.15) is 0 Å². The number of benzene rings is 2. The van der Waals surface area contributed by atoms with Gasteiger partial charge in [-0.25, -0.2) is 0 Å². The van der Waals surface area contributed by atoms with E-state index in [2.05, 4.69) is 96.4 Å². The quantitative estimate of drug-likeness (QED) is 0.406. The van der Waals surface area contributed by atoms with Gasteiger partial charge in [0.25, 0.3) is 0 Å².